The first-order valence-corrected chi connectivity index (χ1v) is 4.93. The smallest absolute Gasteiger partial charge is 0.0724 e. The molecule has 1 aromatic carbocycles. The van der Waals surface area contributed by atoms with Crippen LogP contribution in [0.4, 0.5) is 0 Å². The van der Waals surface area contributed by atoms with E-state index in [1.165, 1.54) is 0 Å². The molecule has 0 aliphatic rings. The van der Waals surface area contributed by atoms with E-state index in [0.717, 1.165) is 15.6 Å². The topological polar surface area (TPSA) is 9.23 Å². The summed E-state index contributed by atoms with van der Waals surface area (Å²) in [5, 5.41) is 0. The maximum Gasteiger partial charge on any atom is 0.0724 e. The van der Waals surface area contributed by atoms with E-state index in [1.807, 2.05) is 18.2 Å². The maximum absolute atomic E-state index is 5.70. The second-order valence-corrected chi connectivity index (χ2v) is 3.61. The molecule has 1 rings (SSSR count). The summed E-state index contributed by atoms with van der Waals surface area (Å²) in [6, 6.07) is 6.03. The molecule has 0 aromatic heterocycles. The normalized spacial score (nSPS) is 10.2. The highest BCUT2D eigenvalue weighted by Crippen LogP contribution is 2.19. The number of ether oxygens (including phenoxy) is 1. The zero-order valence-corrected chi connectivity index (χ0v) is 9.15. The van der Waals surface area contributed by atoms with Crippen LogP contribution in [0.5, 0.6) is 0 Å². The molecule has 0 saturated carbocycles. The Morgan fingerprint density at radius 2 is 2.25 bits per heavy atom. The molecule has 0 heterocycles. The molecule has 0 atom stereocenters. The van der Waals surface area contributed by atoms with Crippen molar-refractivity contribution in [3.8, 4) is 0 Å². The molecule has 0 spiro atoms. The highest BCUT2D eigenvalue weighted by molar-refractivity contribution is 9.10. The van der Waals surface area contributed by atoms with Gasteiger partial charge in [0.25, 0.3) is 0 Å². The zero-order chi connectivity index (χ0) is 8.97. The lowest BCUT2D eigenvalue weighted by molar-refractivity contribution is 0.184. The molecule has 0 fully saturated rings. The van der Waals surface area contributed by atoms with E-state index in [1.54, 1.807) is 7.11 Å². The number of halogens is 2. The van der Waals surface area contributed by atoms with Crippen LogP contribution in [-0.2, 0) is 17.2 Å². The minimum absolute atomic E-state index is 0.546. The highest BCUT2D eigenvalue weighted by atomic mass is 79.9. The van der Waals surface area contributed by atoms with Crippen molar-refractivity contribution in [3.63, 3.8) is 0 Å². The quantitative estimate of drug-likeness (QED) is 0.747. The van der Waals surface area contributed by atoms with Gasteiger partial charge in [-0.05, 0) is 17.2 Å². The van der Waals surface area contributed by atoms with Gasteiger partial charge >= 0.3 is 0 Å². The van der Waals surface area contributed by atoms with Crippen LogP contribution in [0.1, 0.15) is 11.1 Å². The van der Waals surface area contributed by atoms with Gasteiger partial charge in [-0.1, -0.05) is 28.1 Å². The van der Waals surface area contributed by atoms with Crippen LogP contribution in [0.25, 0.3) is 0 Å². The Balaban J connectivity index is 2.91. The third-order valence-corrected chi connectivity index (χ3v) is 2.65. The van der Waals surface area contributed by atoms with Gasteiger partial charge in [-0.2, -0.15) is 0 Å². The molecule has 0 aliphatic heterocycles. The van der Waals surface area contributed by atoms with Crippen LogP contribution in [0.2, 0.25) is 0 Å². The molecule has 0 saturated heterocycles. The molecule has 12 heavy (non-hydrogen) atoms. The summed E-state index contributed by atoms with van der Waals surface area (Å²) in [4.78, 5) is 0. The average molecular weight is 250 g/mol. The fourth-order valence-electron chi connectivity index (χ4n) is 0.977. The minimum atomic E-state index is 0.546. The number of alkyl halides is 1. The maximum atomic E-state index is 5.70. The lowest BCUT2D eigenvalue weighted by Gasteiger charge is -2.04. The lowest BCUT2D eigenvalue weighted by atomic mass is 10.1. The summed E-state index contributed by atoms with van der Waals surface area (Å²) >= 11 is 9.13. The first kappa shape index (κ1) is 10.0. The van der Waals surface area contributed by atoms with Gasteiger partial charge in [0.2, 0.25) is 0 Å². The molecule has 0 unspecified atom stereocenters. The first-order valence-electron chi connectivity index (χ1n) is 3.60. The van der Waals surface area contributed by atoms with E-state index in [-0.39, 0.29) is 0 Å². The van der Waals surface area contributed by atoms with Crippen molar-refractivity contribution in [2.75, 3.05) is 7.11 Å². The number of hydrogen-bond donors (Lipinski definition) is 0. The van der Waals surface area contributed by atoms with Gasteiger partial charge in [-0.25, -0.2) is 0 Å². The van der Waals surface area contributed by atoms with Crippen molar-refractivity contribution in [3.05, 3.63) is 33.8 Å². The fourth-order valence-corrected chi connectivity index (χ4v) is 1.50. The number of benzene rings is 1. The van der Waals surface area contributed by atoms with Crippen molar-refractivity contribution in [2.45, 2.75) is 12.5 Å². The summed E-state index contributed by atoms with van der Waals surface area (Å²) in [5.41, 5.74) is 2.25. The van der Waals surface area contributed by atoms with Crippen LogP contribution in [-0.4, -0.2) is 7.11 Å². The third-order valence-electron chi connectivity index (χ3n) is 1.56. The largest absolute Gasteiger partial charge is 0.380 e. The van der Waals surface area contributed by atoms with Crippen LogP contribution in [0, 0.1) is 0 Å². The Kier molecular flexibility index (Phi) is 4.06. The van der Waals surface area contributed by atoms with E-state index < -0.39 is 0 Å². The fraction of sp³-hybridized carbons (Fsp3) is 0.333. The van der Waals surface area contributed by atoms with Crippen LogP contribution in [0.3, 0.4) is 0 Å². The molecule has 0 N–H and O–H groups in total. The van der Waals surface area contributed by atoms with E-state index in [9.17, 15) is 0 Å². The van der Waals surface area contributed by atoms with Gasteiger partial charge in [-0.3, -0.25) is 0 Å². The Morgan fingerprint density at radius 3 is 2.83 bits per heavy atom. The zero-order valence-electron chi connectivity index (χ0n) is 6.81. The standard InChI is InChI=1S/C9H10BrClO/c1-12-6-8-4-7(5-11)2-3-9(8)10/h2-4H,5-6H2,1H3. The third kappa shape index (κ3) is 2.47. The molecule has 0 radical (unpaired) electrons. The van der Waals surface area contributed by atoms with Crippen LogP contribution < -0.4 is 0 Å². The van der Waals surface area contributed by atoms with Gasteiger partial charge in [0.1, 0.15) is 0 Å². The summed E-state index contributed by atoms with van der Waals surface area (Å²) in [7, 11) is 1.68. The molecular weight excluding hydrogens is 239 g/mol. The van der Waals surface area contributed by atoms with Gasteiger partial charge < -0.3 is 4.74 Å². The molecule has 0 aliphatic carbocycles. The Hall–Kier alpha value is -0.0500. The molecule has 0 bridgehead atoms. The van der Waals surface area contributed by atoms with E-state index in [2.05, 4.69) is 15.9 Å². The summed E-state index contributed by atoms with van der Waals surface area (Å²) in [6.07, 6.45) is 0. The number of hydrogen-bond acceptors (Lipinski definition) is 1. The van der Waals surface area contributed by atoms with Crippen molar-refractivity contribution >= 4 is 27.5 Å². The average Bonchev–Trinajstić information content (AvgIpc) is 2.09. The first-order chi connectivity index (χ1) is 5.77. The predicted molar refractivity (Wildman–Crippen MR) is 54.4 cm³/mol. The molecular formula is C9H10BrClO. The SMILES string of the molecule is COCc1cc(CCl)ccc1Br. The monoisotopic (exact) mass is 248 g/mol. The van der Waals surface area contributed by atoms with E-state index in [0.29, 0.717) is 12.5 Å². The molecule has 66 valence electrons. The number of rotatable bonds is 3. The van der Waals surface area contributed by atoms with Crippen molar-refractivity contribution in [1.82, 2.24) is 0 Å². The Morgan fingerprint density at radius 1 is 1.50 bits per heavy atom. The second kappa shape index (κ2) is 4.85. The van der Waals surface area contributed by atoms with E-state index in [4.69, 9.17) is 16.3 Å². The highest BCUT2D eigenvalue weighted by Gasteiger charge is 2.00. The van der Waals surface area contributed by atoms with Crippen molar-refractivity contribution in [1.29, 1.82) is 0 Å². The predicted octanol–water partition coefficient (Wildman–Crippen LogP) is 3.33. The summed E-state index contributed by atoms with van der Waals surface area (Å²) in [6.45, 7) is 0.616. The van der Waals surface area contributed by atoms with Gasteiger partial charge in [-0.15, -0.1) is 11.6 Å². The van der Waals surface area contributed by atoms with Gasteiger partial charge in [0.15, 0.2) is 0 Å². The minimum Gasteiger partial charge on any atom is -0.380 e. The van der Waals surface area contributed by atoms with E-state index >= 15 is 0 Å². The Labute approximate surface area is 85.8 Å². The van der Waals surface area contributed by atoms with Crippen LogP contribution >= 0.6 is 27.5 Å². The van der Waals surface area contributed by atoms with Crippen LogP contribution in [0.15, 0.2) is 22.7 Å². The number of methoxy groups -OCH3 is 1. The molecule has 0 amide bonds. The van der Waals surface area contributed by atoms with Gasteiger partial charge in [0.05, 0.1) is 6.61 Å². The second-order valence-electron chi connectivity index (χ2n) is 2.49. The van der Waals surface area contributed by atoms with Crippen molar-refractivity contribution < 1.29 is 4.74 Å². The lowest BCUT2D eigenvalue weighted by Crippen LogP contribution is -1.90. The molecule has 3 heteroatoms. The van der Waals surface area contributed by atoms with Crippen molar-refractivity contribution in [2.24, 2.45) is 0 Å². The summed E-state index contributed by atoms with van der Waals surface area (Å²) < 4.78 is 6.10. The molecule has 1 nitrogen and oxygen atoms in total. The Bertz CT molecular complexity index is 263. The molecule has 1 aromatic rings. The summed E-state index contributed by atoms with van der Waals surface area (Å²) in [5.74, 6) is 0.546. The van der Waals surface area contributed by atoms with Gasteiger partial charge in [0, 0.05) is 17.5 Å².